The Bertz CT molecular complexity index is 1110. The van der Waals surface area contributed by atoms with E-state index < -0.39 is 11.3 Å². The Labute approximate surface area is 219 Å². The number of hydrogen-bond acceptors (Lipinski definition) is 6. The number of phenols is 1. The maximum absolute atomic E-state index is 13.5. The number of ether oxygens (including phenoxy) is 2. The normalized spacial score (nSPS) is 17.7. The molecule has 2 aromatic carbocycles. The summed E-state index contributed by atoms with van der Waals surface area (Å²) in [7, 11) is 1.67. The van der Waals surface area contributed by atoms with Gasteiger partial charge < -0.3 is 25.2 Å². The third-order valence-electron chi connectivity index (χ3n) is 6.78. The molecule has 1 aliphatic heterocycles. The molecule has 0 aromatic heterocycles. The van der Waals surface area contributed by atoms with Gasteiger partial charge in [0.25, 0.3) is 0 Å². The largest absolute Gasteiger partial charge is 0.504 e. The van der Waals surface area contributed by atoms with Crippen molar-refractivity contribution >= 4 is 17.5 Å². The fourth-order valence-corrected chi connectivity index (χ4v) is 4.82. The van der Waals surface area contributed by atoms with Crippen molar-refractivity contribution in [3.63, 3.8) is 0 Å². The van der Waals surface area contributed by atoms with Crippen molar-refractivity contribution in [2.45, 2.75) is 51.4 Å². The number of amides is 1. The lowest BCUT2D eigenvalue weighted by molar-refractivity contribution is -0.118. The van der Waals surface area contributed by atoms with Gasteiger partial charge in [-0.05, 0) is 41.9 Å². The lowest BCUT2D eigenvalue weighted by atomic mass is 9.84. The number of phenolic OH excluding ortho intramolecular Hbond substituents is 1. The predicted octanol–water partition coefficient (Wildman–Crippen LogP) is 4.25. The second-order valence-electron chi connectivity index (χ2n) is 10.7. The number of nitrogens with one attached hydrogen (secondary N) is 1. The molecule has 1 amide bonds. The molecule has 0 aliphatic carbocycles. The number of primary amides is 1. The summed E-state index contributed by atoms with van der Waals surface area (Å²) in [6.45, 7) is 7.28. The van der Waals surface area contributed by atoms with Crippen molar-refractivity contribution in [1.82, 2.24) is 4.90 Å². The van der Waals surface area contributed by atoms with Gasteiger partial charge in [0.2, 0.25) is 5.91 Å². The second-order valence-corrected chi connectivity index (χ2v) is 10.7. The molecule has 1 fully saturated rings. The Hall–Kier alpha value is -3.39. The molecule has 2 atom stereocenters. The van der Waals surface area contributed by atoms with E-state index >= 15 is 0 Å². The highest BCUT2D eigenvalue weighted by Gasteiger charge is 2.39. The molecule has 2 aromatic rings. The number of likely N-dealkylation sites (tertiary alicyclic amines) is 1. The highest BCUT2D eigenvalue weighted by molar-refractivity contribution is 6.01. The smallest absolute Gasteiger partial charge is 0.217 e. The van der Waals surface area contributed by atoms with Gasteiger partial charge >= 0.3 is 0 Å². The van der Waals surface area contributed by atoms with E-state index in [0.717, 1.165) is 12.0 Å². The van der Waals surface area contributed by atoms with Crippen LogP contribution in [0.2, 0.25) is 0 Å². The molecule has 8 nitrogen and oxygen atoms in total. The lowest BCUT2D eigenvalue weighted by Crippen LogP contribution is -2.32. The fourth-order valence-electron chi connectivity index (χ4n) is 4.82. The number of Topliss-reactive ketones (excluding diaryl/α,β-unsaturated/α-hetero) is 1. The summed E-state index contributed by atoms with van der Waals surface area (Å²) in [5, 5.41) is 19.8. The summed E-state index contributed by atoms with van der Waals surface area (Å²) in [4.78, 5) is 26.4. The number of carbonyl (C=O) groups excluding carboxylic acids is 2. The number of nitrogens with two attached hydrogens (primary N) is 1. The number of aromatic hydroxyl groups is 1. The van der Waals surface area contributed by atoms with Crippen molar-refractivity contribution in [3.05, 3.63) is 59.2 Å². The number of hydrogen-bond donors (Lipinski definition) is 3. The monoisotopic (exact) mass is 509 g/mol. The molecule has 0 bridgehead atoms. The zero-order valence-electron chi connectivity index (χ0n) is 22.3. The Morgan fingerprint density at radius 3 is 2.49 bits per heavy atom. The van der Waals surface area contributed by atoms with Crippen molar-refractivity contribution in [1.29, 1.82) is 5.41 Å². The van der Waals surface area contributed by atoms with Gasteiger partial charge in [-0.1, -0.05) is 51.1 Å². The zero-order chi connectivity index (χ0) is 27.2. The van der Waals surface area contributed by atoms with Crippen LogP contribution in [0.15, 0.2) is 42.5 Å². The number of rotatable bonds is 12. The zero-order valence-corrected chi connectivity index (χ0v) is 22.3. The highest BCUT2D eigenvalue weighted by atomic mass is 16.5. The minimum Gasteiger partial charge on any atom is -0.504 e. The standard InChI is InChI=1S/C29H39N3O5/c1-29(2,3)22-15-21(16-24(27(22)35)37-13-8-11-25(30)34)23(33)18-32-17-20(12-14-36-4)26(28(32)31)19-9-6-5-7-10-19/h5-7,9-10,15-16,20,26,31,35H,8,11-14,17-18H2,1-4H3,(H2,30,34)/t20-,26+/m0/s1. The van der Waals surface area contributed by atoms with E-state index in [1.165, 1.54) is 0 Å². The van der Waals surface area contributed by atoms with E-state index in [-0.39, 0.29) is 48.7 Å². The van der Waals surface area contributed by atoms with Crippen LogP contribution in [0, 0.1) is 11.3 Å². The topological polar surface area (TPSA) is 126 Å². The van der Waals surface area contributed by atoms with Crippen molar-refractivity contribution in [3.8, 4) is 11.5 Å². The van der Waals surface area contributed by atoms with E-state index in [1.54, 1.807) is 19.2 Å². The van der Waals surface area contributed by atoms with Crippen LogP contribution in [0.5, 0.6) is 11.5 Å². The average Bonchev–Trinajstić information content (AvgIpc) is 3.15. The molecule has 8 heteroatoms. The van der Waals surface area contributed by atoms with E-state index in [9.17, 15) is 14.7 Å². The molecule has 0 saturated carbocycles. The first kappa shape index (κ1) is 28.2. The van der Waals surface area contributed by atoms with E-state index in [2.05, 4.69) is 0 Å². The van der Waals surface area contributed by atoms with Gasteiger partial charge in [0.15, 0.2) is 17.3 Å². The van der Waals surface area contributed by atoms with Gasteiger partial charge in [-0.3, -0.25) is 15.0 Å². The Morgan fingerprint density at radius 1 is 1.16 bits per heavy atom. The predicted molar refractivity (Wildman–Crippen MR) is 144 cm³/mol. The maximum Gasteiger partial charge on any atom is 0.217 e. The van der Waals surface area contributed by atoms with Gasteiger partial charge in [0.1, 0.15) is 5.84 Å². The van der Waals surface area contributed by atoms with E-state index in [4.69, 9.17) is 20.6 Å². The Balaban J connectivity index is 1.84. The average molecular weight is 510 g/mol. The quantitative estimate of drug-likeness (QED) is 0.290. The summed E-state index contributed by atoms with van der Waals surface area (Å²) in [6.07, 6.45) is 1.38. The van der Waals surface area contributed by atoms with Crippen LogP contribution < -0.4 is 10.5 Å². The summed E-state index contributed by atoms with van der Waals surface area (Å²) in [6, 6.07) is 13.2. The van der Waals surface area contributed by atoms with Crippen LogP contribution >= 0.6 is 0 Å². The van der Waals surface area contributed by atoms with Crippen LogP contribution in [-0.4, -0.2) is 60.9 Å². The summed E-state index contributed by atoms with van der Waals surface area (Å²) in [5.74, 6) is 0.111. The van der Waals surface area contributed by atoms with Crippen LogP contribution in [0.3, 0.4) is 0 Å². The van der Waals surface area contributed by atoms with Crippen LogP contribution in [-0.2, 0) is 14.9 Å². The molecule has 1 heterocycles. The number of ketones is 1. The number of benzene rings is 2. The molecule has 3 rings (SSSR count). The van der Waals surface area contributed by atoms with Crippen LogP contribution in [0.25, 0.3) is 0 Å². The lowest BCUT2D eigenvalue weighted by Gasteiger charge is -2.24. The molecule has 1 saturated heterocycles. The molecule has 0 unspecified atom stereocenters. The third-order valence-corrected chi connectivity index (χ3v) is 6.78. The van der Waals surface area contributed by atoms with Crippen LogP contribution in [0.1, 0.15) is 67.4 Å². The summed E-state index contributed by atoms with van der Waals surface area (Å²) >= 11 is 0. The maximum atomic E-state index is 13.5. The first-order valence-corrected chi connectivity index (χ1v) is 12.7. The van der Waals surface area contributed by atoms with Gasteiger partial charge in [-0.25, -0.2) is 0 Å². The second kappa shape index (κ2) is 12.2. The highest BCUT2D eigenvalue weighted by Crippen LogP contribution is 2.40. The third kappa shape index (κ3) is 7.10. The van der Waals surface area contributed by atoms with E-state index in [1.807, 2.05) is 56.0 Å². The van der Waals surface area contributed by atoms with Crippen molar-refractivity contribution in [2.24, 2.45) is 11.7 Å². The van der Waals surface area contributed by atoms with Gasteiger partial charge in [0.05, 0.1) is 13.2 Å². The van der Waals surface area contributed by atoms with E-state index in [0.29, 0.717) is 36.5 Å². The Kier molecular flexibility index (Phi) is 9.32. The Morgan fingerprint density at radius 2 is 1.86 bits per heavy atom. The minimum atomic E-state index is -0.435. The summed E-state index contributed by atoms with van der Waals surface area (Å²) < 4.78 is 11.1. The molecule has 4 N–H and O–H groups in total. The molecular formula is C29H39N3O5. The minimum absolute atomic E-state index is 0.0131. The molecule has 37 heavy (non-hydrogen) atoms. The number of carbonyl (C=O) groups is 2. The molecular weight excluding hydrogens is 470 g/mol. The van der Waals surface area contributed by atoms with Gasteiger partial charge in [-0.15, -0.1) is 0 Å². The number of nitrogens with zero attached hydrogens (tertiary/aromatic N) is 1. The van der Waals surface area contributed by atoms with Crippen molar-refractivity contribution in [2.75, 3.05) is 33.4 Å². The molecule has 1 aliphatic rings. The molecule has 200 valence electrons. The SMILES string of the molecule is COCC[C@H]1CN(CC(=O)c2cc(OCCCC(N)=O)c(O)c(C(C)(C)C)c2)C(=N)[C@@H]1c1ccccc1. The number of methoxy groups -OCH3 is 1. The first-order chi connectivity index (χ1) is 17.5. The fraction of sp³-hybridized carbons (Fsp3) is 0.483. The molecule has 0 spiro atoms. The molecule has 0 radical (unpaired) electrons. The van der Waals surface area contributed by atoms with Crippen LogP contribution in [0.4, 0.5) is 0 Å². The summed E-state index contributed by atoms with van der Waals surface area (Å²) in [5.41, 5.74) is 6.84. The van der Waals surface area contributed by atoms with Gasteiger partial charge in [0, 0.05) is 43.7 Å². The first-order valence-electron chi connectivity index (χ1n) is 12.7. The van der Waals surface area contributed by atoms with Gasteiger partial charge in [-0.2, -0.15) is 0 Å². The number of amidine groups is 1. The van der Waals surface area contributed by atoms with Crippen molar-refractivity contribution < 1.29 is 24.2 Å².